The van der Waals surface area contributed by atoms with Crippen LogP contribution in [0.5, 0.6) is 5.88 Å². The quantitative estimate of drug-likeness (QED) is 0.607. The van der Waals surface area contributed by atoms with E-state index in [1.165, 1.54) is 6.20 Å². The SMILES string of the molecule is Cc1nc(S(C)(=O)=O)cnc1OC1CCC(OC2CC3CCC(C2)N3C(=O)OC(C)(C)C)CC1. The smallest absolute Gasteiger partial charge is 0.410 e. The number of hydrogen-bond donors (Lipinski definition) is 0. The molecule has 2 aliphatic heterocycles. The minimum absolute atomic E-state index is 0.0159. The monoisotopic (exact) mass is 495 g/mol. The molecule has 1 aromatic rings. The molecule has 2 bridgehead atoms. The molecule has 0 spiro atoms. The summed E-state index contributed by atoms with van der Waals surface area (Å²) in [5, 5.41) is -0.0406. The summed E-state index contributed by atoms with van der Waals surface area (Å²) in [5.74, 6) is 0.392. The number of fused-ring (bicyclic) bond motifs is 2. The average molecular weight is 496 g/mol. The third kappa shape index (κ3) is 6.00. The molecule has 2 saturated heterocycles. The minimum Gasteiger partial charge on any atom is -0.473 e. The van der Waals surface area contributed by atoms with E-state index in [9.17, 15) is 13.2 Å². The summed E-state index contributed by atoms with van der Waals surface area (Å²) in [6.45, 7) is 7.42. The molecule has 3 fully saturated rings. The molecular weight excluding hydrogens is 458 g/mol. The molecule has 4 rings (SSSR count). The van der Waals surface area contributed by atoms with Crippen LogP contribution in [0.2, 0.25) is 0 Å². The minimum atomic E-state index is -3.39. The van der Waals surface area contributed by atoms with Gasteiger partial charge in [0, 0.05) is 18.3 Å². The second-order valence-corrected chi connectivity index (χ2v) is 12.9. The molecule has 2 unspecified atom stereocenters. The second kappa shape index (κ2) is 9.60. The van der Waals surface area contributed by atoms with Gasteiger partial charge in [0.2, 0.25) is 5.88 Å². The Labute approximate surface area is 202 Å². The molecule has 0 N–H and O–H groups in total. The summed E-state index contributed by atoms with van der Waals surface area (Å²) in [6.07, 6.45) is 9.84. The van der Waals surface area contributed by atoms with Gasteiger partial charge in [-0.25, -0.2) is 23.2 Å². The number of aryl methyl sites for hydroxylation is 1. The number of nitrogens with zero attached hydrogens (tertiary/aromatic N) is 3. The van der Waals surface area contributed by atoms with Gasteiger partial charge in [-0.05, 0) is 79.1 Å². The summed E-state index contributed by atoms with van der Waals surface area (Å²) < 4.78 is 41.5. The number of rotatable bonds is 5. The first-order valence-electron chi connectivity index (χ1n) is 12.3. The van der Waals surface area contributed by atoms with E-state index >= 15 is 0 Å². The number of sulfone groups is 1. The average Bonchev–Trinajstić information content (AvgIpc) is 3.00. The highest BCUT2D eigenvalue weighted by Gasteiger charge is 2.45. The number of hydrogen-bond acceptors (Lipinski definition) is 8. The van der Waals surface area contributed by atoms with Crippen molar-refractivity contribution in [2.24, 2.45) is 0 Å². The first kappa shape index (κ1) is 25.2. The molecular formula is C24H37N3O6S. The summed E-state index contributed by atoms with van der Waals surface area (Å²) in [4.78, 5) is 22.9. The molecule has 1 aliphatic carbocycles. The van der Waals surface area contributed by atoms with Gasteiger partial charge in [-0.3, -0.25) is 0 Å². The van der Waals surface area contributed by atoms with E-state index in [4.69, 9.17) is 14.2 Å². The van der Waals surface area contributed by atoms with Gasteiger partial charge >= 0.3 is 6.09 Å². The number of amides is 1. The van der Waals surface area contributed by atoms with Crippen LogP contribution in [0, 0.1) is 6.92 Å². The zero-order chi connectivity index (χ0) is 24.7. The molecule has 2 atom stereocenters. The maximum Gasteiger partial charge on any atom is 0.410 e. The van der Waals surface area contributed by atoms with Crippen molar-refractivity contribution in [1.29, 1.82) is 0 Å². The zero-order valence-corrected chi connectivity index (χ0v) is 21.6. The van der Waals surface area contributed by atoms with E-state index < -0.39 is 15.4 Å². The van der Waals surface area contributed by atoms with E-state index in [2.05, 4.69) is 9.97 Å². The van der Waals surface area contributed by atoms with Gasteiger partial charge in [0.15, 0.2) is 14.9 Å². The van der Waals surface area contributed by atoms with Gasteiger partial charge in [-0.2, -0.15) is 0 Å². The lowest BCUT2D eigenvalue weighted by atomic mass is 9.93. The Kier molecular flexibility index (Phi) is 7.11. The van der Waals surface area contributed by atoms with Crippen molar-refractivity contribution in [2.45, 2.75) is 120 Å². The molecule has 10 heteroatoms. The van der Waals surface area contributed by atoms with Crippen LogP contribution in [0.1, 0.15) is 77.8 Å². The van der Waals surface area contributed by atoms with E-state index in [-0.39, 0.29) is 41.5 Å². The van der Waals surface area contributed by atoms with Gasteiger partial charge in [0.25, 0.3) is 0 Å². The van der Waals surface area contributed by atoms with Crippen LogP contribution in [0.4, 0.5) is 4.79 Å². The van der Waals surface area contributed by atoms with Crippen molar-refractivity contribution in [3.8, 4) is 5.88 Å². The van der Waals surface area contributed by atoms with E-state index in [0.29, 0.717) is 11.6 Å². The first-order valence-corrected chi connectivity index (χ1v) is 14.2. The Hall–Kier alpha value is -1.94. The van der Waals surface area contributed by atoms with Gasteiger partial charge in [-0.1, -0.05) is 0 Å². The number of aromatic nitrogens is 2. The van der Waals surface area contributed by atoms with Gasteiger partial charge in [0.1, 0.15) is 17.4 Å². The molecule has 34 heavy (non-hydrogen) atoms. The van der Waals surface area contributed by atoms with Crippen LogP contribution >= 0.6 is 0 Å². The van der Waals surface area contributed by atoms with Crippen LogP contribution in [0.25, 0.3) is 0 Å². The Bertz CT molecular complexity index is 986. The van der Waals surface area contributed by atoms with Crippen molar-refractivity contribution < 1.29 is 27.4 Å². The van der Waals surface area contributed by atoms with Crippen LogP contribution < -0.4 is 4.74 Å². The van der Waals surface area contributed by atoms with E-state index in [1.54, 1.807) is 6.92 Å². The fourth-order valence-electron chi connectivity index (χ4n) is 5.31. The lowest BCUT2D eigenvalue weighted by Crippen LogP contribution is -2.50. The maximum absolute atomic E-state index is 12.7. The van der Waals surface area contributed by atoms with Crippen molar-refractivity contribution in [1.82, 2.24) is 14.9 Å². The predicted octanol–water partition coefficient (Wildman–Crippen LogP) is 3.83. The highest BCUT2D eigenvalue weighted by Crippen LogP contribution is 2.39. The van der Waals surface area contributed by atoms with Crippen molar-refractivity contribution >= 4 is 15.9 Å². The van der Waals surface area contributed by atoms with Crippen LogP contribution in [-0.4, -0.2) is 71.6 Å². The Morgan fingerprint density at radius 2 is 1.59 bits per heavy atom. The molecule has 3 aliphatic rings. The normalized spacial score (nSPS) is 29.7. The maximum atomic E-state index is 12.7. The lowest BCUT2D eigenvalue weighted by Gasteiger charge is -2.41. The second-order valence-electron chi connectivity index (χ2n) is 10.9. The third-order valence-electron chi connectivity index (χ3n) is 6.84. The van der Waals surface area contributed by atoms with Gasteiger partial charge in [-0.15, -0.1) is 0 Å². The number of ether oxygens (including phenoxy) is 3. The summed E-state index contributed by atoms with van der Waals surface area (Å²) in [6, 6.07) is 0.407. The molecule has 1 amide bonds. The van der Waals surface area contributed by atoms with Gasteiger partial charge < -0.3 is 19.1 Å². The van der Waals surface area contributed by atoms with E-state index in [1.807, 2.05) is 25.7 Å². The molecule has 0 radical (unpaired) electrons. The molecule has 190 valence electrons. The highest BCUT2D eigenvalue weighted by atomic mass is 32.2. The Morgan fingerprint density at radius 3 is 2.12 bits per heavy atom. The topological polar surface area (TPSA) is 108 Å². The fraction of sp³-hybridized carbons (Fsp3) is 0.792. The van der Waals surface area contributed by atoms with E-state index in [0.717, 1.165) is 57.6 Å². The zero-order valence-electron chi connectivity index (χ0n) is 20.8. The Morgan fingerprint density at radius 1 is 1.00 bits per heavy atom. The van der Waals surface area contributed by atoms with Crippen LogP contribution in [0.15, 0.2) is 11.2 Å². The summed E-state index contributed by atoms with van der Waals surface area (Å²) >= 11 is 0. The standard InChI is InChI=1S/C24H37N3O6S/c1-15-22(25-14-21(26-15)34(5,29)30)32-19-10-8-18(9-11-19)31-20-12-16-6-7-17(13-20)27(16)23(28)33-24(2,3)4/h14,16-20H,6-13H2,1-5H3. The summed E-state index contributed by atoms with van der Waals surface area (Å²) in [7, 11) is -3.39. The largest absolute Gasteiger partial charge is 0.473 e. The third-order valence-corrected chi connectivity index (χ3v) is 7.79. The molecule has 9 nitrogen and oxygen atoms in total. The predicted molar refractivity (Wildman–Crippen MR) is 126 cm³/mol. The van der Waals surface area contributed by atoms with Crippen molar-refractivity contribution in [2.75, 3.05) is 6.26 Å². The Balaban J connectivity index is 1.25. The molecule has 0 aromatic carbocycles. The lowest BCUT2D eigenvalue weighted by molar-refractivity contribution is -0.0815. The van der Waals surface area contributed by atoms with Crippen molar-refractivity contribution in [3.05, 3.63) is 11.9 Å². The molecule has 1 aromatic heterocycles. The van der Waals surface area contributed by atoms with Crippen LogP contribution in [-0.2, 0) is 19.3 Å². The fourth-order valence-corrected chi connectivity index (χ4v) is 5.86. The number of carbonyl (C=O) groups is 1. The molecule has 3 heterocycles. The summed E-state index contributed by atoms with van der Waals surface area (Å²) in [5.41, 5.74) is -0.00159. The van der Waals surface area contributed by atoms with Crippen molar-refractivity contribution in [3.63, 3.8) is 0 Å². The van der Waals surface area contributed by atoms with Crippen LogP contribution in [0.3, 0.4) is 0 Å². The van der Waals surface area contributed by atoms with Gasteiger partial charge in [0.05, 0.1) is 18.4 Å². The first-order chi connectivity index (χ1) is 15.9. The number of carbonyl (C=O) groups excluding carboxylic acids is 1. The number of piperidine rings is 1. The highest BCUT2D eigenvalue weighted by molar-refractivity contribution is 7.90. The molecule has 1 saturated carbocycles.